The molecular weight excluding hydrogens is 234 g/mol. The van der Waals surface area contributed by atoms with Crippen LogP contribution in [-0.2, 0) is 4.79 Å². The second kappa shape index (κ2) is 5.07. The quantitative estimate of drug-likeness (QED) is 0.591. The zero-order valence-electron chi connectivity index (χ0n) is 9.98. The van der Waals surface area contributed by atoms with E-state index in [-0.39, 0.29) is 29.5 Å². The third-order valence-corrected chi connectivity index (χ3v) is 3.36. The Balaban J connectivity index is 1.87. The lowest BCUT2D eigenvalue weighted by molar-refractivity contribution is -0.122. The highest BCUT2D eigenvalue weighted by Gasteiger charge is 2.26. The van der Waals surface area contributed by atoms with Gasteiger partial charge < -0.3 is 16.8 Å². The van der Waals surface area contributed by atoms with Crippen molar-refractivity contribution in [3.63, 3.8) is 0 Å². The van der Waals surface area contributed by atoms with Crippen LogP contribution < -0.4 is 16.8 Å². The number of nitrogens with one attached hydrogen (secondary N) is 2. The van der Waals surface area contributed by atoms with Gasteiger partial charge in [-0.2, -0.15) is 5.10 Å². The first-order valence-electron chi connectivity index (χ1n) is 5.97. The summed E-state index contributed by atoms with van der Waals surface area (Å²) in [5.41, 5.74) is 11.5. The Morgan fingerprint density at radius 2 is 2.00 bits per heavy atom. The molecule has 1 heterocycles. The molecule has 7 nitrogen and oxygen atoms in total. The van der Waals surface area contributed by atoms with Crippen LogP contribution in [0.25, 0.3) is 0 Å². The fourth-order valence-electron chi connectivity index (χ4n) is 2.26. The van der Waals surface area contributed by atoms with Crippen LogP contribution in [0.2, 0.25) is 0 Å². The molecule has 1 aromatic heterocycles. The monoisotopic (exact) mass is 251 g/mol. The first kappa shape index (κ1) is 12.4. The van der Waals surface area contributed by atoms with Crippen molar-refractivity contribution in [2.45, 2.75) is 31.7 Å². The van der Waals surface area contributed by atoms with Gasteiger partial charge in [-0.3, -0.25) is 14.7 Å². The lowest BCUT2D eigenvalue weighted by atomic mass is 9.85. The molecule has 2 rings (SSSR count). The number of primary amides is 1. The van der Waals surface area contributed by atoms with Crippen LogP contribution in [0.3, 0.4) is 0 Å². The number of nitrogen functional groups attached to an aromatic ring is 1. The van der Waals surface area contributed by atoms with Gasteiger partial charge in [0.25, 0.3) is 5.91 Å². The number of H-pyrrole nitrogens is 1. The van der Waals surface area contributed by atoms with Gasteiger partial charge in [0.05, 0.1) is 11.9 Å². The maximum Gasteiger partial charge on any atom is 0.271 e. The molecule has 7 heteroatoms. The highest BCUT2D eigenvalue weighted by Crippen LogP contribution is 2.24. The van der Waals surface area contributed by atoms with E-state index in [0.717, 1.165) is 25.7 Å². The van der Waals surface area contributed by atoms with Crippen molar-refractivity contribution >= 4 is 17.5 Å². The predicted molar refractivity (Wildman–Crippen MR) is 65.4 cm³/mol. The summed E-state index contributed by atoms with van der Waals surface area (Å²) in [6, 6.07) is 0.0656. The Morgan fingerprint density at radius 1 is 1.33 bits per heavy atom. The zero-order chi connectivity index (χ0) is 13.1. The van der Waals surface area contributed by atoms with E-state index < -0.39 is 0 Å². The average Bonchev–Trinajstić information content (AvgIpc) is 2.76. The van der Waals surface area contributed by atoms with Crippen molar-refractivity contribution in [1.29, 1.82) is 0 Å². The number of anilines is 1. The van der Waals surface area contributed by atoms with Gasteiger partial charge in [-0.25, -0.2) is 0 Å². The Labute approximate surface area is 104 Å². The summed E-state index contributed by atoms with van der Waals surface area (Å²) in [4.78, 5) is 22.9. The first-order chi connectivity index (χ1) is 8.58. The summed E-state index contributed by atoms with van der Waals surface area (Å²) < 4.78 is 0. The van der Waals surface area contributed by atoms with Gasteiger partial charge in [-0.05, 0) is 25.7 Å². The standard InChI is InChI=1S/C11H17N5O2/c12-8-5-14-16-9(8)11(18)15-7-3-1-6(2-4-7)10(13)17/h5-7H,1-4,12H2,(H2,13,17)(H,14,16)(H,15,18). The van der Waals surface area contributed by atoms with Crippen molar-refractivity contribution in [3.05, 3.63) is 11.9 Å². The molecule has 1 aromatic rings. The minimum absolute atomic E-state index is 0.0598. The number of carbonyl (C=O) groups is 2. The number of nitrogens with two attached hydrogens (primary N) is 2. The molecule has 0 aliphatic heterocycles. The third-order valence-electron chi connectivity index (χ3n) is 3.36. The number of hydrogen-bond acceptors (Lipinski definition) is 4. The van der Waals surface area contributed by atoms with E-state index in [4.69, 9.17) is 11.5 Å². The van der Waals surface area contributed by atoms with E-state index in [9.17, 15) is 9.59 Å². The van der Waals surface area contributed by atoms with Crippen LogP contribution in [0.4, 0.5) is 5.69 Å². The number of carbonyl (C=O) groups excluding carboxylic acids is 2. The van der Waals surface area contributed by atoms with E-state index in [2.05, 4.69) is 15.5 Å². The molecule has 0 atom stereocenters. The summed E-state index contributed by atoms with van der Waals surface area (Å²) in [5, 5.41) is 9.14. The van der Waals surface area contributed by atoms with Crippen molar-refractivity contribution in [1.82, 2.24) is 15.5 Å². The fraction of sp³-hybridized carbons (Fsp3) is 0.545. The predicted octanol–water partition coefficient (Wildman–Crippen LogP) is -0.234. The number of nitrogens with zero attached hydrogens (tertiary/aromatic N) is 1. The number of hydrogen-bond donors (Lipinski definition) is 4. The maximum absolute atomic E-state index is 11.9. The lowest BCUT2D eigenvalue weighted by Crippen LogP contribution is -2.40. The molecule has 0 unspecified atom stereocenters. The average molecular weight is 251 g/mol. The van der Waals surface area contributed by atoms with Crippen LogP contribution in [0.1, 0.15) is 36.2 Å². The van der Waals surface area contributed by atoms with E-state index in [0.29, 0.717) is 5.69 Å². The van der Waals surface area contributed by atoms with Crippen LogP contribution >= 0.6 is 0 Å². The molecule has 0 radical (unpaired) electrons. The van der Waals surface area contributed by atoms with Gasteiger partial charge in [-0.15, -0.1) is 0 Å². The number of rotatable bonds is 3. The summed E-state index contributed by atoms with van der Waals surface area (Å²) in [6.45, 7) is 0. The largest absolute Gasteiger partial charge is 0.396 e. The molecular formula is C11H17N5O2. The summed E-state index contributed by atoms with van der Waals surface area (Å²) >= 11 is 0. The Bertz CT molecular complexity index is 448. The summed E-state index contributed by atoms with van der Waals surface area (Å²) in [5.74, 6) is -0.569. The molecule has 18 heavy (non-hydrogen) atoms. The van der Waals surface area contributed by atoms with Gasteiger partial charge in [0.15, 0.2) is 0 Å². The van der Waals surface area contributed by atoms with Gasteiger partial charge >= 0.3 is 0 Å². The minimum Gasteiger partial charge on any atom is -0.396 e. The van der Waals surface area contributed by atoms with Gasteiger partial charge in [0.2, 0.25) is 5.91 Å². The fourth-order valence-corrected chi connectivity index (χ4v) is 2.26. The summed E-state index contributed by atoms with van der Waals surface area (Å²) in [6.07, 6.45) is 4.36. The molecule has 6 N–H and O–H groups in total. The van der Waals surface area contributed by atoms with Crippen molar-refractivity contribution in [2.75, 3.05) is 5.73 Å². The van der Waals surface area contributed by atoms with Crippen molar-refractivity contribution < 1.29 is 9.59 Å². The Morgan fingerprint density at radius 3 is 2.50 bits per heavy atom. The van der Waals surface area contributed by atoms with Crippen LogP contribution in [0, 0.1) is 5.92 Å². The Hall–Kier alpha value is -2.05. The van der Waals surface area contributed by atoms with E-state index in [1.54, 1.807) is 0 Å². The van der Waals surface area contributed by atoms with Crippen LogP contribution in [0.15, 0.2) is 6.20 Å². The highest BCUT2D eigenvalue weighted by atomic mass is 16.2. The first-order valence-corrected chi connectivity index (χ1v) is 5.97. The smallest absolute Gasteiger partial charge is 0.271 e. The highest BCUT2D eigenvalue weighted by molar-refractivity contribution is 5.97. The van der Waals surface area contributed by atoms with E-state index >= 15 is 0 Å². The molecule has 1 saturated carbocycles. The molecule has 2 amide bonds. The second-order valence-corrected chi connectivity index (χ2v) is 4.62. The Kier molecular flexibility index (Phi) is 3.50. The SMILES string of the molecule is NC(=O)C1CCC(NC(=O)c2[nH]ncc2N)CC1. The zero-order valence-corrected chi connectivity index (χ0v) is 9.98. The summed E-state index contributed by atoms with van der Waals surface area (Å²) in [7, 11) is 0. The van der Waals surface area contributed by atoms with Crippen LogP contribution in [-0.4, -0.2) is 28.1 Å². The second-order valence-electron chi connectivity index (χ2n) is 4.62. The molecule has 1 fully saturated rings. The van der Waals surface area contributed by atoms with Gasteiger partial charge in [0.1, 0.15) is 5.69 Å². The normalized spacial score (nSPS) is 23.6. The van der Waals surface area contributed by atoms with Gasteiger partial charge in [-0.1, -0.05) is 0 Å². The van der Waals surface area contributed by atoms with E-state index in [1.807, 2.05) is 0 Å². The molecule has 1 aliphatic rings. The van der Waals surface area contributed by atoms with E-state index in [1.165, 1.54) is 6.20 Å². The topological polar surface area (TPSA) is 127 Å². The molecule has 0 spiro atoms. The number of amides is 2. The van der Waals surface area contributed by atoms with Crippen molar-refractivity contribution in [2.24, 2.45) is 11.7 Å². The van der Waals surface area contributed by atoms with Gasteiger partial charge in [0, 0.05) is 12.0 Å². The molecule has 98 valence electrons. The van der Waals surface area contributed by atoms with Crippen LogP contribution in [0.5, 0.6) is 0 Å². The molecule has 0 saturated heterocycles. The number of aromatic amines is 1. The minimum atomic E-state index is -0.257. The molecule has 0 aromatic carbocycles. The molecule has 1 aliphatic carbocycles. The lowest BCUT2D eigenvalue weighted by Gasteiger charge is -2.27. The number of aromatic nitrogens is 2. The molecule has 0 bridgehead atoms. The maximum atomic E-state index is 11.9. The third kappa shape index (κ3) is 2.61. The van der Waals surface area contributed by atoms with Crippen molar-refractivity contribution in [3.8, 4) is 0 Å².